The molecule has 1 amide bonds. The molecule has 0 unspecified atom stereocenters. The van der Waals surface area contributed by atoms with Gasteiger partial charge < -0.3 is 9.80 Å². The lowest BCUT2D eigenvalue weighted by molar-refractivity contribution is 0.0664. The minimum absolute atomic E-state index is 0.136. The molecule has 6 nitrogen and oxygen atoms in total. The first-order valence-electron chi connectivity index (χ1n) is 16.0. The van der Waals surface area contributed by atoms with Crippen molar-refractivity contribution in [1.82, 2.24) is 20.0 Å². The lowest BCUT2D eigenvalue weighted by Gasteiger charge is -2.32. The highest BCUT2D eigenvalue weighted by atomic mass is 16.2. The van der Waals surface area contributed by atoms with E-state index in [2.05, 4.69) is 76.8 Å². The number of carbonyl (C=O) groups is 1. The number of aromatic nitrogens is 2. The van der Waals surface area contributed by atoms with E-state index in [9.17, 15) is 9.59 Å². The summed E-state index contributed by atoms with van der Waals surface area (Å²) in [6.07, 6.45) is 11.8. The van der Waals surface area contributed by atoms with Crippen LogP contribution in [-0.4, -0.2) is 59.1 Å². The van der Waals surface area contributed by atoms with Crippen molar-refractivity contribution in [1.29, 1.82) is 0 Å². The summed E-state index contributed by atoms with van der Waals surface area (Å²) in [5.74, 6) is 0.161. The van der Waals surface area contributed by atoms with Crippen LogP contribution in [-0.2, 0) is 12.8 Å². The van der Waals surface area contributed by atoms with Gasteiger partial charge in [0, 0.05) is 42.5 Å². The van der Waals surface area contributed by atoms with Crippen LogP contribution in [0.4, 0.5) is 0 Å². The number of fused-ring (bicyclic) bond motifs is 5. The van der Waals surface area contributed by atoms with Gasteiger partial charge in [0.15, 0.2) is 0 Å². The monoisotopic (exact) mass is 594 g/mol. The number of hydrogen-bond donors (Lipinski definition) is 1. The van der Waals surface area contributed by atoms with Crippen molar-refractivity contribution in [2.75, 3.05) is 33.2 Å². The van der Waals surface area contributed by atoms with E-state index >= 15 is 0 Å². The summed E-state index contributed by atoms with van der Waals surface area (Å²) in [6.45, 7) is 3.50. The second-order valence-electron chi connectivity index (χ2n) is 12.3. The van der Waals surface area contributed by atoms with E-state index < -0.39 is 0 Å². The van der Waals surface area contributed by atoms with Crippen LogP contribution >= 0.6 is 0 Å². The van der Waals surface area contributed by atoms with Gasteiger partial charge in [0.05, 0.1) is 6.20 Å². The number of nitrogens with zero attached hydrogens (tertiary/aromatic N) is 3. The SMILES string of the molecule is CN1CCN(C(=O)c2cccc(Cc3cccc4ccc5c(c34)CCC3=C5C=CCC3)c2)CC1.O=c1[nH]ncc2ccccc12. The molecule has 6 heteroatoms. The Kier molecular flexibility index (Phi) is 8.14. The van der Waals surface area contributed by atoms with E-state index in [0.29, 0.717) is 5.39 Å². The molecule has 0 atom stereocenters. The van der Waals surface area contributed by atoms with Gasteiger partial charge >= 0.3 is 0 Å². The van der Waals surface area contributed by atoms with Gasteiger partial charge in [0.25, 0.3) is 11.5 Å². The molecule has 1 aliphatic heterocycles. The average molecular weight is 595 g/mol. The standard InChI is InChI=1S/C31H32N2O.C8H6N2O/c1-32-16-18-33(19-17-32)31(34)26-10-4-6-22(21-26)20-25-9-5-8-24-13-14-28-27-11-3-2-7-23(27)12-15-29(28)30(24)25;11-8-7-4-2-1-3-6(7)5-9-10-8/h3-6,8-11,13-14,21H,2,7,12,15-20H2,1H3;1-5H,(H,10,11). The molecule has 2 aliphatic carbocycles. The zero-order valence-electron chi connectivity index (χ0n) is 25.8. The largest absolute Gasteiger partial charge is 0.336 e. The second kappa shape index (κ2) is 12.7. The minimum Gasteiger partial charge on any atom is -0.336 e. The first kappa shape index (κ1) is 28.9. The van der Waals surface area contributed by atoms with Gasteiger partial charge in [-0.2, -0.15) is 5.10 Å². The van der Waals surface area contributed by atoms with Crippen LogP contribution in [0.15, 0.2) is 108 Å². The van der Waals surface area contributed by atoms with Crippen molar-refractivity contribution >= 4 is 33.0 Å². The first-order chi connectivity index (χ1) is 22.0. The minimum atomic E-state index is -0.136. The highest BCUT2D eigenvalue weighted by Gasteiger charge is 2.23. The summed E-state index contributed by atoms with van der Waals surface area (Å²) in [7, 11) is 2.12. The Hall–Kier alpha value is -4.81. The highest BCUT2D eigenvalue weighted by Crippen LogP contribution is 2.41. The molecule has 1 N–H and O–H groups in total. The van der Waals surface area contributed by atoms with Gasteiger partial charge in [0.1, 0.15) is 0 Å². The second-order valence-corrected chi connectivity index (χ2v) is 12.3. The zero-order chi connectivity index (χ0) is 30.8. The van der Waals surface area contributed by atoms with Gasteiger partial charge in [-0.05, 0) is 96.0 Å². The number of benzene rings is 4. The van der Waals surface area contributed by atoms with Gasteiger partial charge in [-0.25, -0.2) is 5.10 Å². The zero-order valence-corrected chi connectivity index (χ0v) is 25.8. The number of aryl methyl sites for hydroxylation is 1. The fourth-order valence-electron chi connectivity index (χ4n) is 6.99. The maximum atomic E-state index is 13.1. The molecule has 1 aromatic heterocycles. The fourth-order valence-corrected chi connectivity index (χ4v) is 6.99. The third kappa shape index (κ3) is 5.98. The average Bonchev–Trinajstić information content (AvgIpc) is 3.09. The summed E-state index contributed by atoms with van der Waals surface area (Å²) in [4.78, 5) is 28.5. The highest BCUT2D eigenvalue weighted by molar-refractivity contribution is 5.96. The molecule has 0 saturated carbocycles. The Bertz CT molecular complexity index is 2010. The predicted molar refractivity (Wildman–Crippen MR) is 183 cm³/mol. The van der Waals surface area contributed by atoms with E-state index in [1.165, 1.54) is 57.9 Å². The number of carbonyl (C=O) groups excluding carboxylic acids is 1. The van der Waals surface area contributed by atoms with Crippen LogP contribution in [0.2, 0.25) is 0 Å². The molecule has 0 radical (unpaired) electrons. The number of rotatable bonds is 3. The molecule has 226 valence electrons. The third-order valence-corrected chi connectivity index (χ3v) is 9.42. The van der Waals surface area contributed by atoms with Crippen LogP contribution in [0.25, 0.3) is 27.1 Å². The third-order valence-electron chi connectivity index (χ3n) is 9.42. The molecule has 4 aromatic carbocycles. The van der Waals surface area contributed by atoms with Gasteiger partial charge in [-0.1, -0.05) is 78.4 Å². The van der Waals surface area contributed by atoms with Crippen molar-refractivity contribution in [2.24, 2.45) is 0 Å². The molecule has 3 aliphatic rings. The molecule has 8 rings (SSSR count). The molecule has 45 heavy (non-hydrogen) atoms. The topological polar surface area (TPSA) is 69.3 Å². The maximum Gasteiger partial charge on any atom is 0.272 e. The van der Waals surface area contributed by atoms with Gasteiger partial charge in [0.2, 0.25) is 0 Å². The van der Waals surface area contributed by atoms with Crippen LogP contribution < -0.4 is 5.56 Å². The summed E-state index contributed by atoms with van der Waals surface area (Å²) < 4.78 is 0. The lowest BCUT2D eigenvalue weighted by atomic mass is 9.78. The van der Waals surface area contributed by atoms with Crippen molar-refractivity contribution in [3.05, 3.63) is 141 Å². The van der Waals surface area contributed by atoms with Gasteiger partial charge in [-0.15, -0.1) is 0 Å². The number of aromatic amines is 1. The number of hydrogen-bond acceptors (Lipinski definition) is 4. The molecule has 1 saturated heterocycles. The van der Waals surface area contributed by atoms with Crippen LogP contribution in [0, 0.1) is 0 Å². The molecule has 1 fully saturated rings. The fraction of sp³-hybridized carbons (Fsp3) is 0.256. The van der Waals surface area contributed by atoms with E-state index in [1.807, 2.05) is 35.2 Å². The molecule has 0 bridgehead atoms. The quantitative estimate of drug-likeness (QED) is 0.250. The Morgan fingerprint density at radius 2 is 1.69 bits per heavy atom. The molecule has 2 heterocycles. The van der Waals surface area contributed by atoms with Crippen LogP contribution in [0.5, 0.6) is 0 Å². The summed E-state index contributed by atoms with van der Waals surface area (Å²) >= 11 is 0. The summed E-state index contributed by atoms with van der Waals surface area (Å²) in [5, 5.41) is 10.3. The van der Waals surface area contributed by atoms with Crippen LogP contribution in [0.1, 0.15) is 51.9 Å². The Balaban J connectivity index is 0.000000249. The molecule has 0 spiro atoms. The van der Waals surface area contributed by atoms with Gasteiger partial charge in [-0.3, -0.25) is 9.59 Å². The number of piperazine rings is 1. The van der Waals surface area contributed by atoms with Crippen molar-refractivity contribution in [3.8, 4) is 0 Å². The number of likely N-dealkylation sites (N-methyl/N-ethyl adjacent to an activating group) is 1. The summed E-state index contributed by atoms with van der Waals surface area (Å²) in [6, 6.07) is 27.0. The number of H-pyrrole nitrogens is 1. The number of amides is 1. The van der Waals surface area contributed by atoms with Crippen molar-refractivity contribution in [2.45, 2.75) is 32.1 Å². The lowest BCUT2D eigenvalue weighted by Crippen LogP contribution is -2.47. The molecular formula is C39H38N4O2. The summed E-state index contributed by atoms with van der Waals surface area (Å²) in [5.41, 5.74) is 9.26. The first-order valence-corrected chi connectivity index (χ1v) is 16.0. The maximum absolute atomic E-state index is 13.1. The van der Waals surface area contributed by atoms with E-state index in [-0.39, 0.29) is 11.5 Å². The van der Waals surface area contributed by atoms with Crippen molar-refractivity contribution < 1.29 is 4.79 Å². The Morgan fingerprint density at radius 3 is 2.56 bits per heavy atom. The molecule has 5 aromatic rings. The Morgan fingerprint density at radius 1 is 0.867 bits per heavy atom. The Labute approximate surface area is 263 Å². The van der Waals surface area contributed by atoms with E-state index in [4.69, 9.17) is 0 Å². The normalized spacial score (nSPS) is 16.2. The van der Waals surface area contributed by atoms with E-state index in [1.54, 1.807) is 17.8 Å². The van der Waals surface area contributed by atoms with E-state index in [0.717, 1.165) is 50.0 Å². The van der Waals surface area contributed by atoms with Crippen molar-refractivity contribution in [3.63, 3.8) is 0 Å². The number of allylic oxidation sites excluding steroid dienone is 4. The predicted octanol–water partition coefficient (Wildman–Crippen LogP) is 6.79. The molecular weight excluding hydrogens is 556 g/mol. The van der Waals surface area contributed by atoms with Crippen LogP contribution in [0.3, 0.4) is 0 Å². The number of nitrogens with one attached hydrogen (secondary N) is 1. The smallest absolute Gasteiger partial charge is 0.272 e.